The summed E-state index contributed by atoms with van der Waals surface area (Å²) < 4.78 is 0. The molecule has 0 unspecified atom stereocenters. The topological polar surface area (TPSA) is 20.2 Å². The van der Waals surface area contributed by atoms with Crippen LogP contribution in [0, 0.1) is 5.41 Å². The molecule has 168 valence electrons. The molecule has 1 N–H and O–H groups in total. The Morgan fingerprint density at radius 1 is 0.774 bits per heavy atom. The van der Waals surface area contributed by atoms with Crippen molar-refractivity contribution >= 4 is 0 Å². The number of aliphatic hydroxyl groups excluding tert-OH is 1. The van der Waals surface area contributed by atoms with Crippen LogP contribution in [0.3, 0.4) is 0 Å². The minimum absolute atomic E-state index is 0.0221. The summed E-state index contributed by atoms with van der Waals surface area (Å²) >= 11 is 0. The van der Waals surface area contributed by atoms with Crippen molar-refractivity contribution in [1.29, 1.82) is 0 Å². The number of rotatable bonds is 8. The van der Waals surface area contributed by atoms with Crippen LogP contribution >= 0.6 is 0 Å². The molecule has 0 amide bonds. The predicted molar refractivity (Wildman–Crippen MR) is 139 cm³/mol. The molecule has 0 spiro atoms. The van der Waals surface area contributed by atoms with Gasteiger partial charge < -0.3 is 5.11 Å². The number of allylic oxidation sites excluding steroid dienone is 17. The van der Waals surface area contributed by atoms with Crippen molar-refractivity contribution in [1.82, 2.24) is 0 Å². The van der Waals surface area contributed by atoms with Gasteiger partial charge in [0.05, 0.1) is 6.10 Å². The van der Waals surface area contributed by atoms with E-state index in [0.717, 1.165) is 12.8 Å². The molecule has 0 aromatic carbocycles. The van der Waals surface area contributed by atoms with Crippen LogP contribution in [0.25, 0.3) is 0 Å². The summed E-state index contributed by atoms with van der Waals surface area (Å²) in [6.07, 6.45) is 26.8. The van der Waals surface area contributed by atoms with Gasteiger partial charge in [0, 0.05) is 0 Å². The average Bonchev–Trinajstić information content (AvgIpc) is 2.63. The molecule has 0 radical (unpaired) electrons. The summed E-state index contributed by atoms with van der Waals surface area (Å²) in [6, 6.07) is 0. The second kappa shape index (κ2) is 13.1. The van der Waals surface area contributed by atoms with Gasteiger partial charge in [0.25, 0.3) is 0 Å². The molecule has 0 aromatic rings. The number of aliphatic hydroxyl groups is 1. The Morgan fingerprint density at radius 3 is 1.77 bits per heavy atom. The van der Waals surface area contributed by atoms with E-state index < -0.39 is 0 Å². The highest BCUT2D eigenvalue weighted by Crippen LogP contribution is 2.41. The Morgan fingerprint density at radius 2 is 1.26 bits per heavy atom. The van der Waals surface area contributed by atoms with Crippen LogP contribution in [-0.4, -0.2) is 11.2 Å². The highest BCUT2D eigenvalue weighted by molar-refractivity contribution is 5.38. The van der Waals surface area contributed by atoms with Crippen molar-refractivity contribution in [3.8, 4) is 0 Å². The zero-order valence-electron chi connectivity index (χ0n) is 20.9. The van der Waals surface area contributed by atoms with E-state index in [2.05, 4.69) is 128 Å². The molecule has 0 aliphatic heterocycles. The van der Waals surface area contributed by atoms with Crippen molar-refractivity contribution in [3.63, 3.8) is 0 Å². The third-order valence-corrected chi connectivity index (χ3v) is 5.33. The molecule has 1 aliphatic carbocycles. The van der Waals surface area contributed by atoms with Crippen LogP contribution in [0.15, 0.2) is 106 Å². The van der Waals surface area contributed by atoms with Crippen molar-refractivity contribution < 1.29 is 5.11 Å². The molecular formula is C30H42O. The fourth-order valence-corrected chi connectivity index (χ4v) is 3.72. The van der Waals surface area contributed by atoms with Gasteiger partial charge in [-0.2, -0.15) is 0 Å². The smallest absolute Gasteiger partial charge is 0.0585 e. The molecule has 1 aliphatic rings. The van der Waals surface area contributed by atoms with Gasteiger partial charge in [0.1, 0.15) is 0 Å². The van der Waals surface area contributed by atoms with Gasteiger partial charge in [-0.1, -0.05) is 115 Å². The first kappa shape index (κ1) is 26.7. The van der Waals surface area contributed by atoms with E-state index in [-0.39, 0.29) is 11.5 Å². The zero-order chi connectivity index (χ0) is 23.4. The summed E-state index contributed by atoms with van der Waals surface area (Å²) in [5.41, 5.74) is 7.62. The largest absolute Gasteiger partial charge is 0.393 e. The normalized spacial score (nSPS) is 21.3. The maximum atomic E-state index is 10.0. The molecule has 0 aromatic heterocycles. The van der Waals surface area contributed by atoms with Gasteiger partial charge in [-0.25, -0.2) is 0 Å². The van der Waals surface area contributed by atoms with Crippen molar-refractivity contribution in [2.75, 3.05) is 0 Å². The lowest BCUT2D eigenvalue weighted by molar-refractivity contribution is 0.116. The van der Waals surface area contributed by atoms with Crippen LogP contribution in [0.5, 0.6) is 0 Å². The summed E-state index contributed by atoms with van der Waals surface area (Å²) in [5.74, 6) is 0. The fraction of sp³-hybridized carbons (Fsp3) is 0.400. The Balaban J connectivity index is 2.69. The van der Waals surface area contributed by atoms with Crippen molar-refractivity contribution in [2.24, 2.45) is 5.41 Å². The predicted octanol–water partition coefficient (Wildman–Crippen LogP) is 8.51. The van der Waals surface area contributed by atoms with Gasteiger partial charge >= 0.3 is 0 Å². The Kier molecular flexibility index (Phi) is 11.3. The molecule has 0 bridgehead atoms. The Bertz CT molecular complexity index is 869. The van der Waals surface area contributed by atoms with Crippen LogP contribution in [-0.2, 0) is 0 Å². The lowest BCUT2D eigenvalue weighted by Gasteiger charge is -2.35. The first-order valence-corrected chi connectivity index (χ1v) is 11.3. The van der Waals surface area contributed by atoms with E-state index in [1.807, 2.05) is 0 Å². The third-order valence-electron chi connectivity index (χ3n) is 5.33. The van der Waals surface area contributed by atoms with E-state index in [4.69, 9.17) is 0 Å². The van der Waals surface area contributed by atoms with Gasteiger partial charge in [0.15, 0.2) is 0 Å². The maximum absolute atomic E-state index is 10.0. The van der Waals surface area contributed by atoms with Gasteiger partial charge in [0.2, 0.25) is 0 Å². The van der Waals surface area contributed by atoms with Crippen molar-refractivity contribution in [3.05, 3.63) is 106 Å². The first-order chi connectivity index (χ1) is 14.5. The summed E-state index contributed by atoms with van der Waals surface area (Å²) in [7, 11) is 0. The lowest BCUT2D eigenvalue weighted by atomic mass is 9.71. The molecule has 0 saturated heterocycles. The number of hydrogen-bond donors (Lipinski definition) is 1. The highest BCUT2D eigenvalue weighted by atomic mass is 16.3. The van der Waals surface area contributed by atoms with Gasteiger partial charge in [-0.15, -0.1) is 0 Å². The highest BCUT2D eigenvalue weighted by Gasteiger charge is 2.31. The van der Waals surface area contributed by atoms with Gasteiger partial charge in [-0.3, -0.25) is 0 Å². The van der Waals surface area contributed by atoms with Crippen molar-refractivity contribution in [2.45, 2.75) is 74.3 Å². The molecule has 31 heavy (non-hydrogen) atoms. The summed E-state index contributed by atoms with van der Waals surface area (Å²) in [4.78, 5) is 0. The van der Waals surface area contributed by atoms with E-state index in [1.165, 1.54) is 33.4 Å². The molecule has 0 fully saturated rings. The second-order valence-electron chi connectivity index (χ2n) is 9.55. The molecule has 1 atom stereocenters. The third kappa shape index (κ3) is 11.0. The lowest BCUT2D eigenvalue weighted by Crippen LogP contribution is -2.28. The molecule has 0 saturated carbocycles. The van der Waals surface area contributed by atoms with E-state index in [9.17, 15) is 5.11 Å². The SMILES string of the molecule is CC(C)=C/C=C/C(C)=C/C=C/C=C(C)/C=C/C=C(C)/C=C/C1=C(C)C[C@@H](O)CC1(C)C. The number of hydrogen-bond acceptors (Lipinski definition) is 1. The Hall–Kier alpha value is -2.38. The van der Waals surface area contributed by atoms with Gasteiger partial charge in [-0.05, 0) is 65.4 Å². The molecule has 1 rings (SSSR count). The molecule has 1 heteroatoms. The van der Waals surface area contributed by atoms with Crippen LogP contribution in [0.4, 0.5) is 0 Å². The molecule has 1 nitrogen and oxygen atoms in total. The molecular weight excluding hydrogens is 376 g/mol. The van der Waals surface area contributed by atoms with Crippen LogP contribution in [0.1, 0.15) is 68.2 Å². The zero-order valence-corrected chi connectivity index (χ0v) is 20.9. The minimum Gasteiger partial charge on any atom is -0.393 e. The van der Waals surface area contributed by atoms with E-state index in [0.29, 0.717) is 0 Å². The standard InChI is InChI=1S/C30H42O/c1-23(2)13-11-16-24(3)14-9-10-15-25(4)17-12-18-26(5)19-20-29-27(6)21-28(31)22-30(29,7)8/h9-20,28,31H,21-22H2,1-8H3/b10-9+,16-11+,17-12+,20-19+,24-14+,25-15+,26-18+/t28-/m1/s1. The second-order valence-corrected chi connectivity index (χ2v) is 9.55. The quantitative estimate of drug-likeness (QED) is 0.392. The Labute approximate surface area is 191 Å². The molecule has 0 heterocycles. The first-order valence-electron chi connectivity index (χ1n) is 11.3. The van der Waals surface area contributed by atoms with Crippen LogP contribution in [0.2, 0.25) is 0 Å². The summed E-state index contributed by atoms with van der Waals surface area (Å²) in [6.45, 7) is 17.1. The van der Waals surface area contributed by atoms with E-state index >= 15 is 0 Å². The summed E-state index contributed by atoms with van der Waals surface area (Å²) in [5, 5.41) is 10.0. The fourth-order valence-electron chi connectivity index (χ4n) is 3.72. The average molecular weight is 419 g/mol. The monoisotopic (exact) mass is 418 g/mol. The maximum Gasteiger partial charge on any atom is 0.0585 e. The minimum atomic E-state index is -0.214. The van der Waals surface area contributed by atoms with Crippen LogP contribution < -0.4 is 0 Å². The van der Waals surface area contributed by atoms with E-state index in [1.54, 1.807) is 0 Å².